The van der Waals surface area contributed by atoms with Gasteiger partial charge in [0.25, 0.3) is 0 Å². The Balaban J connectivity index is 1.54. The second-order valence-corrected chi connectivity index (χ2v) is 7.31. The van der Waals surface area contributed by atoms with Crippen molar-refractivity contribution in [1.82, 2.24) is 19.8 Å². The molecule has 25 heavy (non-hydrogen) atoms. The van der Waals surface area contributed by atoms with Crippen LogP contribution in [0.4, 0.5) is 0 Å². The first-order valence-electron chi connectivity index (χ1n) is 7.65. The average Bonchev–Trinajstić information content (AvgIpc) is 3.22. The lowest BCUT2D eigenvalue weighted by molar-refractivity contribution is 0.0836. The number of benzene rings is 2. The Morgan fingerprint density at radius 1 is 1.04 bits per heavy atom. The molecular weight excluding hydrogens is 404 g/mol. The molecule has 124 valence electrons. The van der Waals surface area contributed by atoms with Crippen molar-refractivity contribution in [2.75, 3.05) is 6.61 Å². The summed E-state index contributed by atoms with van der Waals surface area (Å²) in [6.45, 7) is 0.375. The van der Waals surface area contributed by atoms with Gasteiger partial charge in [-0.2, -0.15) is 9.61 Å². The summed E-state index contributed by atoms with van der Waals surface area (Å²) in [5, 5.41) is 14.0. The Hall–Kier alpha value is -2.45. The molecule has 4 aromatic rings. The third-order valence-corrected chi connectivity index (χ3v) is 5.54. The van der Waals surface area contributed by atoms with Crippen LogP contribution >= 0.6 is 27.3 Å². The van der Waals surface area contributed by atoms with Crippen LogP contribution in [-0.4, -0.2) is 26.4 Å². The van der Waals surface area contributed by atoms with E-state index in [9.17, 15) is 0 Å². The molecule has 0 spiro atoms. The van der Waals surface area contributed by atoms with Gasteiger partial charge in [-0.3, -0.25) is 0 Å². The molecule has 0 amide bonds. The molecule has 3 heterocycles. The van der Waals surface area contributed by atoms with Gasteiger partial charge in [-0.25, -0.2) is 0 Å². The summed E-state index contributed by atoms with van der Waals surface area (Å²) in [6, 6.07) is 15.6. The number of hydrogen-bond acceptors (Lipinski definition) is 6. The van der Waals surface area contributed by atoms with E-state index in [0.717, 1.165) is 25.8 Å². The zero-order valence-electron chi connectivity index (χ0n) is 12.8. The van der Waals surface area contributed by atoms with Gasteiger partial charge in [0.1, 0.15) is 11.6 Å². The van der Waals surface area contributed by atoms with Gasteiger partial charge in [-0.05, 0) is 18.2 Å². The van der Waals surface area contributed by atoms with Crippen LogP contribution in [0.1, 0.15) is 11.9 Å². The molecule has 1 aliphatic heterocycles. The average molecular weight is 415 g/mol. The first kappa shape index (κ1) is 14.9. The topological polar surface area (TPSA) is 61.5 Å². The number of nitrogens with zero attached hydrogens (tertiary/aromatic N) is 4. The van der Waals surface area contributed by atoms with Crippen molar-refractivity contribution in [2.24, 2.45) is 0 Å². The van der Waals surface area contributed by atoms with E-state index < -0.39 is 0 Å². The summed E-state index contributed by atoms with van der Waals surface area (Å²) < 4.78 is 14.5. The fourth-order valence-electron chi connectivity index (χ4n) is 2.72. The van der Waals surface area contributed by atoms with Crippen molar-refractivity contribution in [3.8, 4) is 22.1 Å². The molecule has 0 unspecified atom stereocenters. The molecule has 1 aliphatic rings. The molecule has 1 atom stereocenters. The summed E-state index contributed by atoms with van der Waals surface area (Å²) in [5.41, 5.74) is 1.02. The van der Waals surface area contributed by atoms with Crippen LogP contribution in [0.5, 0.6) is 11.5 Å². The molecule has 0 saturated carbocycles. The molecule has 2 aromatic carbocycles. The first-order valence-corrected chi connectivity index (χ1v) is 9.26. The van der Waals surface area contributed by atoms with Crippen LogP contribution in [0, 0.1) is 0 Å². The minimum atomic E-state index is -0.348. The maximum Gasteiger partial charge on any atom is 0.235 e. The fraction of sp³-hybridized carbons (Fsp3) is 0.118. The number of ether oxygens (including phenoxy) is 2. The Bertz CT molecular complexity index is 1080. The van der Waals surface area contributed by atoms with Crippen molar-refractivity contribution >= 4 is 32.2 Å². The summed E-state index contributed by atoms with van der Waals surface area (Å²) in [7, 11) is 0. The van der Waals surface area contributed by atoms with Crippen molar-refractivity contribution < 1.29 is 9.47 Å². The van der Waals surface area contributed by atoms with Gasteiger partial charge in [0.2, 0.25) is 4.96 Å². The van der Waals surface area contributed by atoms with E-state index in [0.29, 0.717) is 18.2 Å². The number of halogens is 1. The van der Waals surface area contributed by atoms with Crippen LogP contribution in [-0.2, 0) is 0 Å². The standard InChI is InChI=1S/C17H11BrN4O2S/c18-11-6-2-1-5-10(11)16-21-22-15(19-20-17(22)25-16)14-9-23-12-7-3-4-8-13(12)24-14/h1-8,14H,9H2/t14-/m0/s1. The lowest BCUT2D eigenvalue weighted by Gasteiger charge is -2.24. The second-order valence-electron chi connectivity index (χ2n) is 5.50. The Labute approximate surface area is 155 Å². The van der Waals surface area contributed by atoms with Gasteiger partial charge in [0.15, 0.2) is 23.4 Å². The van der Waals surface area contributed by atoms with Gasteiger partial charge >= 0.3 is 0 Å². The van der Waals surface area contributed by atoms with Gasteiger partial charge < -0.3 is 9.47 Å². The smallest absolute Gasteiger partial charge is 0.235 e. The van der Waals surface area contributed by atoms with E-state index in [1.165, 1.54) is 11.3 Å². The number of para-hydroxylation sites is 2. The number of fused-ring (bicyclic) bond motifs is 2. The zero-order chi connectivity index (χ0) is 16.8. The predicted octanol–water partition coefficient (Wildman–Crippen LogP) is 4.13. The molecular formula is C17H11BrN4O2S. The maximum atomic E-state index is 6.03. The van der Waals surface area contributed by atoms with E-state index >= 15 is 0 Å². The van der Waals surface area contributed by atoms with Crippen LogP contribution in [0.15, 0.2) is 53.0 Å². The largest absolute Gasteiger partial charge is 0.485 e. The second kappa shape index (κ2) is 5.82. The molecule has 5 rings (SSSR count). The highest BCUT2D eigenvalue weighted by molar-refractivity contribution is 9.10. The van der Waals surface area contributed by atoms with Crippen LogP contribution < -0.4 is 9.47 Å². The van der Waals surface area contributed by atoms with E-state index in [1.54, 1.807) is 4.52 Å². The van der Waals surface area contributed by atoms with Crippen molar-refractivity contribution in [3.05, 3.63) is 58.8 Å². The summed E-state index contributed by atoms with van der Waals surface area (Å²) in [5.74, 6) is 2.09. The molecule has 0 N–H and O–H groups in total. The van der Waals surface area contributed by atoms with E-state index in [4.69, 9.17) is 9.47 Å². The summed E-state index contributed by atoms with van der Waals surface area (Å²) >= 11 is 5.06. The minimum Gasteiger partial charge on any atom is -0.485 e. The highest BCUT2D eigenvalue weighted by Crippen LogP contribution is 2.36. The van der Waals surface area contributed by atoms with E-state index in [2.05, 4.69) is 31.2 Å². The van der Waals surface area contributed by atoms with Gasteiger partial charge in [0.05, 0.1) is 0 Å². The number of rotatable bonds is 2. The highest BCUT2D eigenvalue weighted by Gasteiger charge is 2.28. The molecule has 0 saturated heterocycles. The zero-order valence-corrected chi connectivity index (χ0v) is 15.2. The molecule has 6 nitrogen and oxygen atoms in total. The summed E-state index contributed by atoms with van der Waals surface area (Å²) in [4.78, 5) is 0.725. The van der Waals surface area contributed by atoms with Crippen molar-refractivity contribution in [1.29, 1.82) is 0 Å². The van der Waals surface area contributed by atoms with Crippen LogP contribution in [0.25, 0.3) is 15.5 Å². The molecule has 0 aliphatic carbocycles. The van der Waals surface area contributed by atoms with E-state index in [1.807, 2.05) is 48.5 Å². The fourth-order valence-corrected chi connectivity index (χ4v) is 4.21. The van der Waals surface area contributed by atoms with Gasteiger partial charge in [0, 0.05) is 10.0 Å². The molecule has 2 aromatic heterocycles. The first-order chi connectivity index (χ1) is 12.3. The lowest BCUT2D eigenvalue weighted by atomic mass is 10.2. The SMILES string of the molecule is Brc1ccccc1-c1nn2c([C@@H]3COc4ccccc4O3)nnc2s1. The quantitative estimate of drug-likeness (QED) is 0.493. The molecule has 0 bridgehead atoms. The molecule has 8 heteroatoms. The Kier molecular flexibility index (Phi) is 3.46. The monoisotopic (exact) mass is 414 g/mol. The Morgan fingerprint density at radius 3 is 2.72 bits per heavy atom. The third-order valence-electron chi connectivity index (χ3n) is 3.92. The van der Waals surface area contributed by atoms with Crippen LogP contribution in [0.3, 0.4) is 0 Å². The Morgan fingerprint density at radius 2 is 1.84 bits per heavy atom. The van der Waals surface area contributed by atoms with Gasteiger partial charge in [-0.15, -0.1) is 10.2 Å². The number of aromatic nitrogens is 4. The number of hydrogen-bond donors (Lipinski definition) is 0. The van der Waals surface area contributed by atoms with Crippen LogP contribution in [0.2, 0.25) is 0 Å². The van der Waals surface area contributed by atoms with Crippen molar-refractivity contribution in [3.63, 3.8) is 0 Å². The van der Waals surface area contributed by atoms with E-state index in [-0.39, 0.29) is 6.10 Å². The maximum absolute atomic E-state index is 6.03. The minimum absolute atomic E-state index is 0.348. The lowest BCUT2D eigenvalue weighted by Crippen LogP contribution is -2.23. The summed E-state index contributed by atoms with van der Waals surface area (Å²) in [6.07, 6.45) is -0.348. The third kappa shape index (κ3) is 2.49. The predicted molar refractivity (Wildman–Crippen MR) is 97.1 cm³/mol. The molecule has 0 fully saturated rings. The molecule has 0 radical (unpaired) electrons. The van der Waals surface area contributed by atoms with Gasteiger partial charge in [-0.1, -0.05) is 57.6 Å². The van der Waals surface area contributed by atoms with Crippen molar-refractivity contribution in [2.45, 2.75) is 6.10 Å². The normalized spacial score (nSPS) is 16.3. The highest BCUT2D eigenvalue weighted by atomic mass is 79.9.